The minimum atomic E-state index is -0.614. The molecule has 0 spiro atoms. The summed E-state index contributed by atoms with van der Waals surface area (Å²) in [6, 6.07) is 11.9. The molecule has 0 heterocycles. The van der Waals surface area contributed by atoms with Crippen LogP contribution in [0.3, 0.4) is 0 Å². The Labute approximate surface area is 184 Å². The number of rotatable bonds is 8. The van der Waals surface area contributed by atoms with Crippen LogP contribution in [0.5, 0.6) is 11.5 Å². The third-order valence-corrected chi connectivity index (χ3v) is 5.84. The Kier molecular flexibility index (Phi) is 7.93. The van der Waals surface area contributed by atoms with Crippen molar-refractivity contribution < 1.29 is 19.1 Å². The Balaban J connectivity index is 1.53. The number of aryl methyl sites for hydroxylation is 2. The molecule has 0 aromatic heterocycles. The first-order chi connectivity index (χ1) is 15.0. The van der Waals surface area contributed by atoms with Crippen LogP contribution in [0.1, 0.15) is 54.5 Å². The Morgan fingerprint density at radius 1 is 0.935 bits per heavy atom. The van der Waals surface area contributed by atoms with Gasteiger partial charge in [0.05, 0.1) is 20.3 Å². The van der Waals surface area contributed by atoms with E-state index in [0.717, 1.165) is 30.4 Å². The molecule has 31 heavy (non-hydrogen) atoms. The predicted octanol–water partition coefficient (Wildman–Crippen LogP) is 3.51. The third-order valence-electron chi connectivity index (χ3n) is 5.84. The van der Waals surface area contributed by atoms with E-state index in [-0.39, 0.29) is 6.04 Å². The molecule has 1 unspecified atom stereocenters. The molecule has 2 aromatic rings. The fourth-order valence-corrected chi connectivity index (χ4v) is 4.05. The van der Waals surface area contributed by atoms with E-state index in [2.05, 4.69) is 28.8 Å². The summed E-state index contributed by atoms with van der Waals surface area (Å²) in [6.45, 7) is 2.37. The van der Waals surface area contributed by atoms with Gasteiger partial charge in [0.1, 0.15) is 0 Å². The number of methoxy groups -OCH3 is 2. The molecule has 0 radical (unpaired) electrons. The highest BCUT2D eigenvalue weighted by molar-refractivity contribution is 6.35. The maximum absolute atomic E-state index is 12.4. The molecule has 0 saturated heterocycles. The van der Waals surface area contributed by atoms with Crippen LogP contribution in [0.2, 0.25) is 0 Å². The van der Waals surface area contributed by atoms with E-state index in [9.17, 15) is 9.59 Å². The van der Waals surface area contributed by atoms with Gasteiger partial charge < -0.3 is 20.1 Å². The second-order valence-corrected chi connectivity index (χ2v) is 7.86. The number of nitrogens with one attached hydrogen (secondary N) is 2. The number of benzene rings is 2. The molecule has 1 aliphatic rings. The average Bonchev–Trinajstić information content (AvgIpc) is 2.81. The summed E-state index contributed by atoms with van der Waals surface area (Å²) in [5, 5.41) is 5.59. The van der Waals surface area contributed by atoms with E-state index in [0.29, 0.717) is 24.5 Å². The highest BCUT2D eigenvalue weighted by Crippen LogP contribution is 2.28. The summed E-state index contributed by atoms with van der Waals surface area (Å²) in [7, 11) is 3.17. The smallest absolute Gasteiger partial charge is 0.309 e. The molecule has 1 atom stereocenters. The van der Waals surface area contributed by atoms with Gasteiger partial charge in [0, 0.05) is 6.54 Å². The SMILES string of the molecule is CCC(NC(=O)C(=O)NCCc1ccc(OC)c(OC)c1)c1ccc2c(c1)CCCC2. The molecule has 6 heteroatoms. The van der Waals surface area contributed by atoms with Crippen molar-refractivity contribution in [1.29, 1.82) is 0 Å². The lowest BCUT2D eigenvalue weighted by Gasteiger charge is -2.21. The predicted molar refractivity (Wildman–Crippen MR) is 121 cm³/mol. The summed E-state index contributed by atoms with van der Waals surface area (Å²) in [5.41, 5.74) is 4.83. The lowest BCUT2D eigenvalue weighted by molar-refractivity contribution is -0.139. The van der Waals surface area contributed by atoms with Crippen LogP contribution < -0.4 is 20.1 Å². The van der Waals surface area contributed by atoms with Crippen molar-refractivity contribution in [3.63, 3.8) is 0 Å². The van der Waals surface area contributed by atoms with E-state index in [1.54, 1.807) is 14.2 Å². The lowest BCUT2D eigenvalue weighted by atomic mass is 9.89. The highest BCUT2D eigenvalue weighted by Gasteiger charge is 2.20. The maximum atomic E-state index is 12.4. The molecule has 2 amide bonds. The Hall–Kier alpha value is -3.02. The van der Waals surface area contributed by atoms with Crippen molar-refractivity contribution in [2.75, 3.05) is 20.8 Å². The lowest BCUT2D eigenvalue weighted by Crippen LogP contribution is -2.42. The van der Waals surface area contributed by atoms with E-state index < -0.39 is 11.8 Å². The van der Waals surface area contributed by atoms with Crippen molar-refractivity contribution in [2.24, 2.45) is 0 Å². The fourth-order valence-electron chi connectivity index (χ4n) is 4.05. The zero-order valence-electron chi connectivity index (χ0n) is 18.6. The zero-order chi connectivity index (χ0) is 22.2. The summed E-state index contributed by atoms with van der Waals surface area (Å²) in [4.78, 5) is 24.7. The highest BCUT2D eigenvalue weighted by atomic mass is 16.5. The third kappa shape index (κ3) is 5.78. The van der Waals surface area contributed by atoms with Crippen LogP contribution in [0.25, 0.3) is 0 Å². The molecular weight excluding hydrogens is 392 g/mol. The first-order valence-corrected chi connectivity index (χ1v) is 11.0. The minimum absolute atomic E-state index is 0.170. The number of hydrogen-bond donors (Lipinski definition) is 2. The number of carbonyl (C=O) groups excluding carboxylic acids is 2. The number of fused-ring (bicyclic) bond motifs is 1. The van der Waals surface area contributed by atoms with Gasteiger partial charge in [-0.2, -0.15) is 0 Å². The fraction of sp³-hybridized carbons (Fsp3) is 0.440. The zero-order valence-corrected chi connectivity index (χ0v) is 18.6. The second-order valence-electron chi connectivity index (χ2n) is 7.86. The minimum Gasteiger partial charge on any atom is -0.493 e. The molecule has 0 bridgehead atoms. The van der Waals surface area contributed by atoms with Crippen LogP contribution in [-0.4, -0.2) is 32.6 Å². The number of ether oxygens (including phenoxy) is 2. The van der Waals surface area contributed by atoms with Gasteiger partial charge in [-0.15, -0.1) is 0 Å². The first-order valence-electron chi connectivity index (χ1n) is 11.0. The molecule has 166 valence electrons. The normalized spacial score (nSPS) is 13.6. The molecule has 0 saturated carbocycles. The monoisotopic (exact) mass is 424 g/mol. The average molecular weight is 425 g/mol. The standard InChI is InChI=1S/C25H32N2O4/c1-4-21(20-11-10-18-7-5-6-8-19(18)16-20)27-25(29)24(28)26-14-13-17-9-12-22(30-2)23(15-17)31-3/h9-12,15-16,21H,4-8,13-14H2,1-3H3,(H,26,28)(H,27,29). The van der Waals surface area contributed by atoms with Gasteiger partial charge in [0.2, 0.25) is 0 Å². The van der Waals surface area contributed by atoms with Gasteiger partial charge in [0.25, 0.3) is 0 Å². The summed E-state index contributed by atoms with van der Waals surface area (Å²) in [5.74, 6) is 0.0797. The number of carbonyl (C=O) groups is 2. The molecule has 2 aromatic carbocycles. The molecule has 6 nitrogen and oxygen atoms in total. The van der Waals surface area contributed by atoms with Gasteiger partial charge >= 0.3 is 11.8 Å². The van der Waals surface area contributed by atoms with Gasteiger partial charge in [-0.3, -0.25) is 9.59 Å². The van der Waals surface area contributed by atoms with Crippen LogP contribution in [-0.2, 0) is 28.9 Å². The maximum Gasteiger partial charge on any atom is 0.309 e. The van der Waals surface area contributed by atoms with Crippen molar-refractivity contribution in [2.45, 2.75) is 51.5 Å². The largest absolute Gasteiger partial charge is 0.493 e. The quantitative estimate of drug-likeness (QED) is 0.636. The van der Waals surface area contributed by atoms with Crippen LogP contribution >= 0.6 is 0 Å². The van der Waals surface area contributed by atoms with Gasteiger partial charge in [0.15, 0.2) is 11.5 Å². The second kappa shape index (κ2) is 10.8. The van der Waals surface area contributed by atoms with Gasteiger partial charge in [-0.25, -0.2) is 0 Å². The molecule has 3 rings (SSSR count). The van der Waals surface area contributed by atoms with Crippen molar-refractivity contribution in [3.05, 3.63) is 58.7 Å². The molecule has 2 N–H and O–H groups in total. The van der Waals surface area contributed by atoms with Crippen LogP contribution in [0.15, 0.2) is 36.4 Å². The van der Waals surface area contributed by atoms with Crippen molar-refractivity contribution >= 4 is 11.8 Å². The molecule has 0 aliphatic heterocycles. The summed E-state index contributed by atoms with van der Waals surface area (Å²) < 4.78 is 10.5. The van der Waals surface area contributed by atoms with E-state index in [1.807, 2.05) is 25.1 Å². The Bertz CT molecular complexity index is 926. The van der Waals surface area contributed by atoms with Crippen LogP contribution in [0.4, 0.5) is 0 Å². The number of amides is 2. The van der Waals surface area contributed by atoms with E-state index in [1.165, 1.54) is 24.0 Å². The Morgan fingerprint density at radius 2 is 1.68 bits per heavy atom. The summed E-state index contributed by atoms with van der Waals surface area (Å²) in [6.07, 6.45) is 5.97. The molecular formula is C25H32N2O4. The van der Waals surface area contributed by atoms with Gasteiger partial charge in [-0.1, -0.05) is 31.2 Å². The number of hydrogen-bond acceptors (Lipinski definition) is 4. The summed E-state index contributed by atoms with van der Waals surface area (Å²) >= 11 is 0. The van der Waals surface area contributed by atoms with Gasteiger partial charge in [-0.05, 0) is 72.9 Å². The topological polar surface area (TPSA) is 76.7 Å². The molecule has 0 fully saturated rings. The van der Waals surface area contributed by atoms with E-state index in [4.69, 9.17) is 9.47 Å². The molecule has 1 aliphatic carbocycles. The van der Waals surface area contributed by atoms with Crippen molar-refractivity contribution in [3.8, 4) is 11.5 Å². The Morgan fingerprint density at radius 3 is 2.39 bits per heavy atom. The van der Waals surface area contributed by atoms with Crippen molar-refractivity contribution in [1.82, 2.24) is 10.6 Å². The van der Waals surface area contributed by atoms with E-state index >= 15 is 0 Å². The first kappa shape index (κ1) is 22.7. The van der Waals surface area contributed by atoms with Crippen LogP contribution in [0, 0.1) is 0 Å².